The van der Waals surface area contributed by atoms with E-state index in [2.05, 4.69) is 6.92 Å². The predicted molar refractivity (Wildman–Crippen MR) is 205 cm³/mol. The molecular formula is C40H80O13. The molecule has 0 aromatic heterocycles. The van der Waals surface area contributed by atoms with Crippen molar-refractivity contribution < 1.29 is 61.6 Å². The van der Waals surface area contributed by atoms with Crippen LogP contribution in [0.25, 0.3) is 0 Å². The van der Waals surface area contributed by atoms with Crippen LogP contribution in [0.15, 0.2) is 0 Å². The van der Waals surface area contributed by atoms with Gasteiger partial charge in [0.05, 0.1) is 145 Å². The first-order valence-electron chi connectivity index (χ1n) is 21.0. The van der Waals surface area contributed by atoms with Crippen molar-refractivity contribution in [3.05, 3.63) is 0 Å². The SMILES string of the molecule is CCCCCCCCCCCCCOCCOCCOCCOCCOCCOCCOCCOCCOCCOCCOCCOC1CCCCO1. The van der Waals surface area contributed by atoms with Crippen LogP contribution in [0.3, 0.4) is 0 Å². The van der Waals surface area contributed by atoms with Crippen LogP contribution in [0, 0.1) is 0 Å². The minimum absolute atomic E-state index is 0.0643. The van der Waals surface area contributed by atoms with E-state index in [0.717, 1.165) is 32.5 Å². The van der Waals surface area contributed by atoms with Gasteiger partial charge in [-0.3, -0.25) is 0 Å². The van der Waals surface area contributed by atoms with Crippen molar-refractivity contribution in [3.63, 3.8) is 0 Å². The van der Waals surface area contributed by atoms with Gasteiger partial charge in [0, 0.05) is 13.2 Å². The lowest BCUT2D eigenvalue weighted by atomic mass is 10.1. The van der Waals surface area contributed by atoms with Crippen LogP contribution in [0.2, 0.25) is 0 Å². The maximum absolute atomic E-state index is 5.66. The fourth-order valence-electron chi connectivity index (χ4n) is 5.25. The molecular weight excluding hydrogens is 688 g/mol. The minimum Gasteiger partial charge on any atom is -0.379 e. The van der Waals surface area contributed by atoms with E-state index in [1.165, 1.54) is 70.6 Å². The van der Waals surface area contributed by atoms with E-state index in [9.17, 15) is 0 Å². The first-order chi connectivity index (χ1) is 26.4. The van der Waals surface area contributed by atoms with Gasteiger partial charge in [0.15, 0.2) is 6.29 Å². The maximum atomic E-state index is 5.66. The summed E-state index contributed by atoms with van der Waals surface area (Å²) in [5.41, 5.74) is 0. The molecule has 0 N–H and O–H groups in total. The normalized spacial score (nSPS) is 14.8. The molecule has 0 radical (unpaired) electrons. The average molecular weight is 769 g/mol. The molecule has 1 aliphatic rings. The molecule has 1 atom stereocenters. The summed E-state index contributed by atoms with van der Waals surface area (Å²) in [5, 5.41) is 0. The highest BCUT2D eigenvalue weighted by Crippen LogP contribution is 2.13. The van der Waals surface area contributed by atoms with E-state index in [0.29, 0.717) is 145 Å². The minimum atomic E-state index is -0.0643. The molecule has 0 aromatic carbocycles. The molecule has 0 saturated carbocycles. The summed E-state index contributed by atoms with van der Waals surface area (Å²) in [6.45, 7) is 15.8. The molecule has 318 valence electrons. The molecule has 1 rings (SSSR count). The van der Waals surface area contributed by atoms with E-state index in [1.54, 1.807) is 0 Å². The Kier molecular flexibility index (Phi) is 43.7. The molecule has 13 heteroatoms. The second-order valence-corrected chi connectivity index (χ2v) is 12.9. The van der Waals surface area contributed by atoms with Gasteiger partial charge in [-0.2, -0.15) is 0 Å². The van der Waals surface area contributed by atoms with Crippen molar-refractivity contribution in [2.75, 3.05) is 159 Å². The summed E-state index contributed by atoms with van der Waals surface area (Å²) in [6, 6.07) is 0. The molecule has 1 unspecified atom stereocenters. The Hall–Kier alpha value is -0.520. The van der Waals surface area contributed by atoms with Gasteiger partial charge in [0.1, 0.15) is 0 Å². The number of rotatable bonds is 46. The smallest absolute Gasteiger partial charge is 0.157 e. The van der Waals surface area contributed by atoms with E-state index in [1.807, 2.05) is 0 Å². The lowest BCUT2D eigenvalue weighted by Gasteiger charge is -2.22. The van der Waals surface area contributed by atoms with Crippen LogP contribution in [0.1, 0.15) is 96.8 Å². The molecule has 0 amide bonds. The van der Waals surface area contributed by atoms with Crippen molar-refractivity contribution >= 4 is 0 Å². The molecule has 1 fully saturated rings. The summed E-state index contributed by atoms with van der Waals surface area (Å²) >= 11 is 0. The van der Waals surface area contributed by atoms with E-state index in [-0.39, 0.29) is 6.29 Å². The van der Waals surface area contributed by atoms with E-state index >= 15 is 0 Å². The van der Waals surface area contributed by atoms with Crippen molar-refractivity contribution in [1.29, 1.82) is 0 Å². The molecule has 0 aromatic rings. The zero-order valence-corrected chi connectivity index (χ0v) is 33.8. The monoisotopic (exact) mass is 769 g/mol. The second kappa shape index (κ2) is 45.9. The summed E-state index contributed by atoms with van der Waals surface area (Å²) in [7, 11) is 0. The molecule has 53 heavy (non-hydrogen) atoms. The highest BCUT2D eigenvalue weighted by molar-refractivity contribution is 4.54. The lowest BCUT2D eigenvalue weighted by Crippen LogP contribution is -2.24. The number of ether oxygens (including phenoxy) is 13. The standard InChI is InChI=1S/C40H80O13/c1-2-3-4-5-6-7-8-9-10-11-13-16-41-18-19-42-20-21-43-22-23-44-24-25-45-26-27-46-28-29-47-30-31-48-32-33-49-34-35-50-36-37-51-38-39-53-40-15-12-14-17-52-40/h40H,2-39H2,1H3. The van der Waals surface area contributed by atoms with E-state index in [4.69, 9.17) is 61.6 Å². The van der Waals surface area contributed by atoms with Gasteiger partial charge in [0.2, 0.25) is 0 Å². The molecule has 1 saturated heterocycles. The van der Waals surface area contributed by atoms with Crippen LogP contribution in [-0.4, -0.2) is 165 Å². The van der Waals surface area contributed by atoms with Gasteiger partial charge in [0.25, 0.3) is 0 Å². The molecule has 1 heterocycles. The highest BCUT2D eigenvalue weighted by Gasteiger charge is 2.13. The fraction of sp³-hybridized carbons (Fsp3) is 1.00. The Bertz CT molecular complexity index is 658. The van der Waals surface area contributed by atoms with Crippen LogP contribution in [0.4, 0.5) is 0 Å². The largest absolute Gasteiger partial charge is 0.379 e. The van der Waals surface area contributed by atoms with Crippen LogP contribution in [-0.2, 0) is 61.6 Å². The number of unbranched alkanes of at least 4 members (excludes halogenated alkanes) is 10. The van der Waals surface area contributed by atoms with Crippen molar-refractivity contribution in [1.82, 2.24) is 0 Å². The third kappa shape index (κ3) is 42.5. The Labute approximate surface area is 322 Å². The predicted octanol–water partition coefficient (Wildman–Crippen LogP) is 6.02. The van der Waals surface area contributed by atoms with Crippen molar-refractivity contribution in [2.24, 2.45) is 0 Å². The van der Waals surface area contributed by atoms with Gasteiger partial charge in [-0.25, -0.2) is 0 Å². The highest BCUT2D eigenvalue weighted by atomic mass is 16.7. The quantitative estimate of drug-likeness (QED) is 0.0672. The zero-order valence-electron chi connectivity index (χ0n) is 33.8. The first-order valence-corrected chi connectivity index (χ1v) is 21.0. The molecule has 13 nitrogen and oxygen atoms in total. The zero-order chi connectivity index (χ0) is 37.6. The summed E-state index contributed by atoms with van der Waals surface area (Å²) in [5.74, 6) is 0. The van der Waals surface area contributed by atoms with Crippen molar-refractivity contribution in [2.45, 2.75) is 103 Å². The van der Waals surface area contributed by atoms with Crippen molar-refractivity contribution in [3.8, 4) is 0 Å². The Morgan fingerprint density at radius 3 is 0.906 bits per heavy atom. The summed E-state index contributed by atoms with van der Waals surface area (Å²) < 4.78 is 72.0. The first kappa shape index (κ1) is 50.5. The topological polar surface area (TPSA) is 120 Å². The summed E-state index contributed by atoms with van der Waals surface area (Å²) in [4.78, 5) is 0. The van der Waals surface area contributed by atoms with Crippen LogP contribution in [0.5, 0.6) is 0 Å². The van der Waals surface area contributed by atoms with Gasteiger partial charge >= 0.3 is 0 Å². The van der Waals surface area contributed by atoms with Gasteiger partial charge < -0.3 is 61.6 Å². The molecule has 0 aliphatic carbocycles. The Morgan fingerprint density at radius 1 is 0.321 bits per heavy atom. The summed E-state index contributed by atoms with van der Waals surface area (Å²) in [6.07, 6.45) is 18.1. The fourth-order valence-corrected chi connectivity index (χ4v) is 5.25. The number of hydrogen-bond donors (Lipinski definition) is 0. The van der Waals surface area contributed by atoms with Gasteiger partial charge in [-0.1, -0.05) is 71.1 Å². The number of hydrogen-bond acceptors (Lipinski definition) is 13. The average Bonchev–Trinajstić information content (AvgIpc) is 3.18. The molecule has 0 spiro atoms. The third-order valence-electron chi connectivity index (χ3n) is 8.28. The van der Waals surface area contributed by atoms with Crippen LogP contribution >= 0.6 is 0 Å². The van der Waals surface area contributed by atoms with Gasteiger partial charge in [-0.15, -0.1) is 0 Å². The van der Waals surface area contributed by atoms with Crippen LogP contribution < -0.4 is 0 Å². The van der Waals surface area contributed by atoms with E-state index < -0.39 is 0 Å². The Balaban J connectivity index is 1.59. The molecule has 0 bridgehead atoms. The Morgan fingerprint density at radius 2 is 0.604 bits per heavy atom. The second-order valence-electron chi connectivity index (χ2n) is 12.9. The maximum Gasteiger partial charge on any atom is 0.157 e. The third-order valence-corrected chi connectivity index (χ3v) is 8.28. The lowest BCUT2D eigenvalue weighted by molar-refractivity contribution is -0.169. The van der Waals surface area contributed by atoms with Gasteiger partial charge in [-0.05, 0) is 25.7 Å². The molecule has 1 aliphatic heterocycles.